The number of nitriles is 1. The molecule has 0 bridgehead atoms. The van der Waals surface area contributed by atoms with E-state index < -0.39 is 17.5 Å². The van der Waals surface area contributed by atoms with E-state index in [0.717, 1.165) is 23.3 Å². The number of hydrogen-bond donors (Lipinski definition) is 1. The number of rotatable bonds is 4. The highest BCUT2D eigenvalue weighted by atomic mass is 32.1. The summed E-state index contributed by atoms with van der Waals surface area (Å²) in [5.74, 6) is -0.788. The quantitative estimate of drug-likeness (QED) is 0.373. The van der Waals surface area contributed by atoms with Gasteiger partial charge in [-0.05, 0) is 69.5 Å². The molecule has 1 saturated heterocycles. The van der Waals surface area contributed by atoms with Crippen molar-refractivity contribution in [3.8, 4) is 27.6 Å². The summed E-state index contributed by atoms with van der Waals surface area (Å²) >= 11 is 1.31. The third-order valence-corrected chi connectivity index (χ3v) is 7.50. The average Bonchev–Trinajstić information content (AvgIpc) is 3.54. The first-order valence-electron chi connectivity index (χ1n) is 12.5. The summed E-state index contributed by atoms with van der Waals surface area (Å²) in [6.45, 7) is 6.33. The van der Waals surface area contributed by atoms with E-state index in [1.807, 2.05) is 24.4 Å². The van der Waals surface area contributed by atoms with Gasteiger partial charge < -0.3 is 15.0 Å². The molecule has 4 heterocycles. The molecule has 9 nitrogen and oxygen atoms in total. The number of ether oxygens (including phenoxy) is 1. The molecule has 0 aliphatic carbocycles. The van der Waals surface area contributed by atoms with E-state index in [0.29, 0.717) is 34.7 Å². The van der Waals surface area contributed by atoms with Crippen LogP contribution in [0.4, 0.5) is 9.18 Å². The number of carbonyl (C=O) groups excluding carboxylic acids is 2. The van der Waals surface area contributed by atoms with Crippen LogP contribution in [0.2, 0.25) is 0 Å². The van der Waals surface area contributed by atoms with Crippen molar-refractivity contribution in [2.24, 2.45) is 0 Å². The third-order valence-electron chi connectivity index (χ3n) is 6.33. The van der Waals surface area contributed by atoms with Crippen molar-refractivity contribution in [3.63, 3.8) is 0 Å². The number of alkyl carbamates (subject to hydrolysis) is 1. The number of nitrogens with one attached hydrogen (secondary N) is 1. The summed E-state index contributed by atoms with van der Waals surface area (Å²) in [4.78, 5) is 29.0. The van der Waals surface area contributed by atoms with E-state index in [2.05, 4.69) is 15.5 Å². The normalized spacial score (nSPS) is 15.7. The van der Waals surface area contributed by atoms with E-state index in [1.165, 1.54) is 23.5 Å². The highest BCUT2D eigenvalue weighted by Gasteiger charge is 2.29. The van der Waals surface area contributed by atoms with Crippen molar-refractivity contribution in [1.82, 2.24) is 24.8 Å². The number of hydrogen-bond acceptors (Lipinski definition) is 7. The first-order valence-corrected chi connectivity index (χ1v) is 13.4. The Bertz CT molecular complexity index is 1600. The van der Waals surface area contributed by atoms with Crippen LogP contribution in [0.1, 0.15) is 48.8 Å². The van der Waals surface area contributed by atoms with Gasteiger partial charge in [0.2, 0.25) is 0 Å². The highest BCUT2D eigenvalue weighted by molar-refractivity contribution is 7.18. The van der Waals surface area contributed by atoms with Gasteiger partial charge in [0.1, 0.15) is 23.8 Å². The van der Waals surface area contributed by atoms with Crippen LogP contribution >= 0.6 is 11.3 Å². The fourth-order valence-corrected chi connectivity index (χ4v) is 5.71. The van der Waals surface area contributed by atoms with Crippen LogP contribution in [-0.2, 0) is 4.74 Å². The maximum Gasteiger partial charge on any atom is 0.407 e. The highest BCUT2D eigenvalue weighted by Crippen LogP contribution is 2.40. The molecule has 0 unspecified atom stereocenters. The molecule has 0 spiro atoms. The summed E-state index contributed by atoms with van der Waals surface area (Å²) < 4.78 is 21.7. The van der Waals surface area contributed by atoms with Gasteiger partial charge in [0.25, 0.3) is 5.91 Å². The molecule has 1 atom stereocenters. The number of aromatic nitrogens is 3. The summed E-state index contributed by atoms with van der Waals surface area (Å²) in [6, 6.07) is 11.5. The minimum Gasteiger partial charge on any atom is -0.444 e. The van der Waals surface area contributed by atoms with E-state index in [4.69, 9.17) is 10.00 Å². The van der Waals surface area contributed by atoms with Gasteiger partial charge in [-0.3, -0.25) is 9.20 Å². The van der Waals surface area contributed by atoms with E-state index in [9.17, 15) is 14.0 Å². The lowest BCUT2D eigenvalue weighted by Crippen LogP contribution is -2.50. The molecule has 1 fully saturated rings. The molecular weight excluding hydrogens is 519 g/mol. The summed E-state index contributed by atoms with van der Waals surface area (Å²) in [7, 11) is 0. The lowest BCUT2D eigenvalue weighted by atomic mass is 10.0. The number of amides is 2. The molecule has 200 valence electrons. The number of halogens is 1. The first-order chi connectivity index (χ1) is 18.6. The van der Waals surface area contributed by atoms with Gasteiger partial charge in [-0.25, -0.2) is 9.18 Å². The number of likely N-dealkylation sites (tertiary alicyclic amines) is 1. The van der Waals surface area contributed by atoms with Crippen LogP contribution in [0.25, 0.3) is 27.2 Å². The molecular formula is C28H27FN6O3S. The lowest BCUT2D eigenvalue weighted by Gasteiger charge is -2.33. The molecule has 4 aromatic rings. The van der Waals surface area contributed by atoms with Crippen molar-refractivity contribution < 1.29 is 18.7 Å². The fraction of sp³-hybridized carbons (Fsp3) is 0.321. The minimum atomic E-state index is -0.624. The predicted octanol–water partition coefficient (Wildman–Crippen LogP) is 5.26. The van der Waals surface area contributed by atoms with E-state index >= 15 is 0 Å². The second-order valence-corrected chi connectivity index (χ2v) is 11.5. The first kappa shape index (κ1) is 26.3. The summed E-state index contributed by atoms with van der Waals surface area (Å²) in [5.41, 5.74) is 2.07. The topological polar surface area (TPSA) is 113 Å². The molecule has 0 saturated carbocycles. The zero-order chi connectivity index (χ0) is 27.7. The Kier molecular flexibility index (Phi) is 7.06. The second kappa shape index (κ2) is 10.5. The number of pyridine rings is 1. The Morgan fingerprint density at radius 3 is 2.74 bits per heavy atom. The maximum absolute atomic E-state index is 14.6. The monoisotopic (exact) mass is 546 g/mol. The molecule has 5 rings (SSSR count). The Morgan fingerprint density at radius 2 is 2.00 bits per heavy atom. The molecule has 3 aromatic heterocycles. The van der Waals surface area contributed by atoms with Crippen molar-refractivity contribution >= 4 is 29.0 Å². The van der Waals surface area contributed by atoms with Crippen LogP contribution in [0.5, 0.6) is 0 Å². The summed E-state index contributed by atoms with van der Waals surface area (Å²) in [6.07, 6.45) is 4.43. The Balaban J connectivity index is 1.46. The smallest absolute Gasteiger partial charge is 0.407 e. The zero-order valence-electron chi connectivity index (χ0n) is 21.8. The molecule has 1 aromatic carbocycles. The predicted molar refractivity (Wildman–Crippen MR) is 145 cm³/mol. The number of piperidine rings is 1. The average molecular weight is 547 g/mol. The third kappa shape index (κ3) is 5.76. The Hall–Kier alpha value is -4.30. The standard InChI is InChI=1S/C28H27FN6O3S/c1-28(2,3)38-27(37)32-20-5-4-10-34(15-20)26(36)23-12-21(17-6-7-18(13-30)22(29)11-17)25(39-23)19-8-9-24-33-31-16-35(24)14-19/h6-9,11-12,14,16,20H,4-5,10,15H2,1-3H3,(H,32,37)/t20-/m1/s1. The number of carbonyl (C=O) groups is 2. The number of nitrogens with zero attached hydrogens (tertiary/aromatic N) is 5. The largest absolute Gasteiger partial charge is 0.444 e. The van der Waals surface area contributed by atoms with Gasteiger partial charge in [0, 0.05) is 41.3 Å². The van der Waals surface area contributed by atoms with E-state index in [1.54, 1.807) is 48.5 Å². The van der Waals surface area contributed by atoms with E-state index in [-0.39, 0.29) is 17.5 Å². The van der Waals surface area contributed by atoms with Crippen molar-refractivity contribution in [1.29, 1.82) is 5.26 Å². The fourth-order valence-electron chi connectivity index (χ4n) is 4.57. The molecule has 11 heteroatoms. The molecule has 1 N–H and O–H groups in total. The van der Waals surface area contributed by atoms with Gasteiger partial charge in [-0.2, -0.15) is 5.26 Å². The molecule has 2 amide bonds. The Morgan fingerprint density at radius 1 is 1.21 bits per heavy atom. The van der Waals surface area contributed by atoms with Gasteiger partial charge in [0.15, 0.2) is 5.65 Å². The molecule has 0 radical (unpaired) electrons. The molecule has 1 aliphatic rings. The lowest BCUT2D eigenvalue weighted by molar-refractivity contribution is 0.0453. The van der Waals surface area contributed by atoms with Crippen LogP contribution in [-0.4, -0.2) is 56.2 Å². The number of thiophene rings is 1. The zero-order valence-corrected chi connectivity index (χ0v) is 22.6. The maximum atomic E-state index is 14.6. The number of benzene rings is 1. The minimum absolute atomic E-state index is 0.0467. The Labute approximate surface area is 228 Å². The van der Waals surface area contributed by atoms with Crippen LogP contribution in [0.15, 0.2) is 48.9 Å². The number of fused-ring (bicyclic) bond motifs is 1. The van der Waals surface area contributed by atoms with Crippen molar-refractivity contribution in [2.75, 3.05) is 13.1 Å². The van der Waals surface area contributed by atoms with Gasteiger partial charge >= 0.3 is 6.09 Å². The van der Waals surface area contributed by atoms with Crippen LogP contribution in [0, 0.1) is 17.1 Å². The second-order valence-electron chi connectivity index (χ2n) is 10.4. The van der Waals surface area contributed by atoms with Gasteiger partial charge in [0.05, 0.1) is 10.4 Å². The van der Waals surface area contributed by atoms with Crippen molar-refractivity contribution in [2.45, 2.75) is 45.3 Å². The molecule has 39 heavy (non-hydrogen) atoms. The van der Waals surface area contributed by atoms with Crippen LogP contribution in [0.3, 0.4) is 0 Å². The van der Waals surface area contributed by atoms with Crippen molar-refractivity contribution in [3.05, 3.63) is 65.2 Å². The van der Waals surface area contributed by atoms with Crippen LogP contribution < -0.4 is 5.32 Å². The molecule has 1 aliphatic heterocycles. The van der Waals surface area contributed by atoms with Gasteiger partial charge in [-0.15, -0.1) is 21.5 Å². The van der Waals surface area contributed by atoms with Gasteiger partial charge in [-0.1, -0.05) is 6.07 Å². The SMILES string of the molecule is CC(C)(C)OC(=O)N[C@@H]1CCCN(C(=O)c2cc(-c3ccc(C#N)c(F)c3)c(-c3ccc4nncn4c3)s2)C1. The summed E-state index contributed by atoms with van der Waals surface area (Å²) in [5, 5.41) is 20.0.